The van der Waals surface area contributed by atoms with Crippen LogP contribution >= 0.6 is 0 Å². The van der Waals surface area contributed by atoms with Crippen molar-refractivity contribution in [3.63, 3.8) is 0 Å². The van der Waals surface area contributed by atoms with Crippen molar-refractivity contribution in [1.82, 2.24) is 0 Å². The molecule has 0 aliphatic carbocycles. The van der Waals surface area contributed by atoms with Gasteiger partial charge < -0.3 is 4.79 Å². The highest BCUT2D eigenvalue weighted by Gasteiger charge is 1.96. The Kier molecular flexibility index (Phi) is 20.1. The number of carbonyl (C=O) groups excluding carboxylic acids is 1. The lowest BCUT2D eigenvalue weighted by Gasteiger charge is -2.04. The molecule has 124 valence electrons. The summed E-state index contributed by atoms with van der Waals surface area (Å²) in [6, 6.07) is 6.48. The molecule has 1 nitrogen and oxygen atoms in total. The number of carbonyl (C=O) groups is 1. The maximum atomic E-state index is 10.3. The van der Waals surface area contributed by atoms with Crippen molar-refractivity contribution >= 4 is 5.78 Å². The normalized spacial score (nSPS) is 8.52. The number of hydrogen-bond donors (Lipinski definition) is 0. The molecule has 0 aliphatic heterocycles. The molecule has 0 spiro atoms. The van der Waals surface area contributed by atoms with Crippen LogP contribution in [-0.2, 0) is 11.2 Å². The molecule has 1 aromatic carbocycles. The van der Waals surface area contributed by atoms with Gasteiger partial charge >= 0.3 is 0 Å². The Morgan fingerprint density at radius 3 is 1.76 bits per heavy atom. The minimum absolute atomic E-state index is 0.287. The molecule has 1 heteroatoms. The zero-order chi connectivity index (χ0) is 17.4. The molecule has 0 amide bonds. The van der Waals surface area contributed by atoms with Gasteiger partial charge in [-0.3, -0.25) is 0 Å². The summed E-state index contributed by atoms with van der Waals surface area (Å²) in [5, 5.41) is 0. The molecule has 0 saturated carbocycles. The molecule has 0 heterocycles. The van der Waals surface area contributed by atoms with Crippen molar-refractivity contribution in [2.75, 3.05) is 0 Å². The molecule has 0 radical (unpaired) electrons. The number of benzene rings is 1. The smallest absolute Gasteiger partial charge is 0.130 e. The van der Waals surface area contributed by atoms with Gasteiger partial charge in [-0.05, 0) is 49.8 Å². The molecule has 1 rings (SSSR count). The molecule has 0 fully saturated rings. The van der Waals surface area contributed by atoms with Gasteiger partial charge in [-0.2, -0.15) is 0 Å². The van der Waals surface area contributed by atoms with Gasteiger partial charge in [-0.15, -0.1) is 0 Å². The zero-order valence-corrected chi connectivity index (χ0v) is 16.1. The van der Waals surface area contributed by atoms with E-state index in [9.17, 15) is 4.79 Å². The Bertz CT molecular complexity index is 351. The van der Waals surface area contributed by atoms with Crippen LogP contribution < -0.4 is 0 Å². The van der Waals surface area contributed by atoms with Crippen molar-refractivity contribution < 1.29 is 4.79 Å². The van der Waals surface area contributed by atoms with E-state index in [0.717, 1.165) is 12.8 Å². The van der Waals surface area contributed by atoms with Gasteiger partial charge in [0.1, 0.15) is 5.78 Å². The minimum atomic E-state index is 0.287. The second-order valence-corrected chi connectivity index (χ2v) is 5.01. The standard InChI is InChI=1S/C10H14.C6H12O.2C2H6/c1-4-10-7-5-6-8(2)9(10)3;1-5(2)4-6(3)7;2*1-2/h5-7H,4H2,1-3H3;5H,4H2,1-3H3;2*1-2H3. The van der Waals surface area contributed by atoms with E-state index in [1.165, 1.54) is 16.7 Å². The van der Waals surface area contributed by atoms with Crippen LogP contribution in [0.5, 0.6) is 0 Å². The van der Waals surface area contributed by atoms with E-state index in [0.29, 0.717) is 5.92 Å². The zero-order valence-electron chi connectivity index (χ0n) is 16.1. The average Bonchev–Trinajstić information content (AvgIpc) is 2.45. The fourth-order valence-electron chi connectivity index (χ4n) is 1.77. The summed E-state index contributed by atoms with van der Waals surface area (Å²) < 4.78 is 0. The van der Waals surface area contributed by atoms with Gasteiger partial charge in [0, 0.05) is 6.42 Å². The lowest BCUT2D eigenvalue weighted by atomic mass is 10.0. The average molecular weight is 295 g/mol. The van der Waals surface area contributed by atoms with Crippen molar-refractivity contribution in [3.8, 4) is 0 Å². The third-order valence-electron chi connectivity index (χ3n) is 2.79. The third kappa shape index (κ3) is 15.1. The molecule has 1 aromatic rings. The molecular formula is C20H38O. The van der Waals surface area contributed by atoms with Gasteiger partial charge in [0.15, 0.2) is 0 Å². The highest BCUT2D eigenvalue weighted by Crippen LogP contribution is 2.12. The highest BCUT2D eigenvalue weighted by molar-refractivity contribution is 5.75. The Balaban J connectivity index is -0.000000260. The molecule has 0 aromatic heterocycles. The predicted molar refractivity (Wildman–Crippen MR) is 98.1 cm³/mol. The summed E-state index contributed by atoms with van der Waals surface area (Å²) in [4.78, 5) is 10.3. The Morgan fingerprint density at radius 1 is 1.05 bits per heavy atom. The topological polar surface area (TPSA) is 17.1 Å². The number of hydrogen-bond acceptors (Lipinski definition) is 1. The van der Waals surface area contributed by atoms with E-state index >= 15 is 0 Å². The van der Waals surface area contributed by atoms with Crippen LogP contribution in [0.3, 0.4) is 0 Å². The van der Waals surface area contributed by atoms with Crippen LogP contribution in [-0.4, -0.2) is 5.78 Å². The predicted octanol–water partition coefficient (Wildman–Crippen LogP) is 6.54. The summed E-state index contributed by atoms with van der Waals surface area (Å²) in [7, 11) is 0. The Labute approximate surface area is 134 Å². The molecule has 0 bridgehead atoms. The lowest BCUT2D eigenvalue weighted by molar-refractivity contribution is -0.117. The first-order valence-corrected chi connectivity index (χ1v) is 8.43. The Morgan fingerprint density at radius 2 is 1.52 bits per heavy atom. The van der Waals surface area contributed by atoms with Crippen molar-refractivity contribution in [1.29, 1.82) is 0 Å². The van der Waals surface area contributed by atoms with Crippen molar-refractivity contribution in [2.24, 2.45) is 5.92 Å². The minimum Gasteiger partial charge on any atom is -0.300 e. The summed E-state index contributed by atoms with van der Waals surface area (Å²) >= 11 is 0. The van der Waals surface area contributed by atoms with Gasteiger partial charge in [-0.25, -0.2) is 0 Å². The molecule has 0 N–H and O–H groups in total. The van der Waals surface area contributed by atoms with Crippen molar-refractivity contribution in [3.05, 3.63) is 34.9 Å². The van der Waals surface area contributed by atoms with Crippen LogP contribution in [0.25, 0.3) is 0 Å². The summed E-state index contributed by atoms with van der Waals surface area (Å²) in [6.45, 7) is 20.3. The lowest BCUT2D eigenvalue weighted by Crippen LogP contribution is -1.95. The molecular weight excluding hydrogens is 256 g/mol. The molecule has 0 saturated heterocycles. The number of aryl methyl sites for hydroxylation is 2. The van der Waals surface area contributed by atoms with E-state index in [1.807, 2.05) is 41.5 Å². The van der Waals surface area contributed by atoms with Crippen LogP contribution in [0, 0.1) is 19.8 Å². The summed E-state index contributed by atoms with van der Waals surface area (Å²) in [5.41, 5.74) is 4.32. The first-order valence-electron chi connectivity index (χ1n) is 8.43. The molecule has 0 unspecified atom stereocenters. The molecule has 0 aliphatic rings. The molecule has 21 heavy (non-hydrogen) atoms. The number of rotatable bonds is 3. The van der Waals surface area contributed by atoms with Gasteiger partial charge in [-0.1, -0.05) is 66.7 Å². The van der Waals surface area contributed by atoms with Crippen LogP contribution in [0.15, 0.2) is 18.2 Å². The van der Waals surface area contributed by atoms with Crippen LogP contribution in [0.2, 0.25) is 0 Å². The second-order valence-electron chi connectivity index (χ2n) is 5.01. The SMILES string of the molecule is CC.CC.CC(=O)CC(C)C.CCc1cccc(C)c1C. The van der Waals surface area contributed by atoms with E-state index in [-0.39, 0.29) is 5.78 Å². The van der Waals surface area contributed by atoms with E-state index in [1.54, 1.807) is 6.92 Å². The third-order valence-corrected chi connectivity index (χ3v) is 2.79. The summed E-state index contributed by atoms with van der Waals surface area (Å²) in [6.07, 6.45) is 1.87. The van der Waals surface area contributed by atoms with E-state index < -0.39 is 0 Å². The Hall–Kier alpha value is -1.11. The fourth-order valence-corrected chi connectivity index (χ4v) is 1.77. The van der Waals surface area contributed by atoms with Gasteiger partial charge in [0.25, 0.3) is 0 Å². The monoisotopic (exact) mass is 294 g/mol. The molecule has 0 atom stereocenters. The largest absolute Gasteiger partial charge is 0.300 e. The number of Topliss-reactive ketones (excluding diaryl/α,β-unsaturated/α-hetero) is 1. The number of ketones is 1. The van der Waals surface area contributed by atoms with Crippen molar-refractivity contribution in [2.45, 2.75) is 82.1 Å². The van der Waals surface area contributed by atoms with E-state index in [2.05, 4.69) is 39.0 Å². The quantitative estimate of drug-likeness (QED) is 0.618. The first-order chi connectivity index (χ1) is 9.88. The van der Waals surface area contributed by atoms with Crippen LogP contribution in [0.4, 0.5) is 0 Å². The fraction of sp³-hybridized carbons (Fsp3) is 0.650. The second kappa shape index (κ2) is 16.9. The van der Waals surface area contributed by atoms with Crippen LogP contribution in [0.1, 0.15) is 78.5 Å². The maximum absolute atomic E-state index is 10.3. The summed E-state index contributed by atoms with van der Waals surface area (Å²) in [5.74, 6) is 0.813. The highest BCUT2D eigenvalue weighted by atomic mass is 16.1. The van der Waals surface area contributed by atoms with Gasteiger partial charge in [0.05, 0.1) is 0 Å². The van der Waals surface area contributed by atoms with E-state index in [4.69, 9.17) is 0 Å². The first kappa shape index (κ1) is 24.9. The maximum Gasteiger partial charge on any atom is 0.130 e. The van der Waals surface area contributed by atoms with Gasteiger partial charge in [0.2, 0.25) is 0 Å².